The molecule has 0 bridgehead atoms. The van der Waals surface area contributed by atoms with Gasteiger partial charge in [-0.25, -0.2) is 8.42 Å². The lowest BCUT2D eigenvalue weighted by molar-refractivity contribution is 0.513. The van der Waals surface area contributed by atoms with Gasteiger partial charge in [0.25, 0.3) is 9.05 Å². The number of hydrogen-bond donors (Lipinski definition) is 0. The van der Waals surface area contributed by atoms with E-state index in [1.54, 1.807) is 18.5 Å². The van der Waals surface area contributed by atoms with E-state index in [0.717, 1.165) is 19.4 Å². The lowest BCUT2D eigenvalue weighted by atomic mass is 10.1. The zero-order valence-electron chi connectivity index (χ0n) is 12.7. The van der Waals surface area contributed by atoms with Gasteiger partial charge < -0.3 is 0 Å². The smallest absolute Gasteiger partial charge is 0.264 e. The third kappa shape index (κ3) is 5.09. The second-order valence-electron chi connectivity index (χ2n) is 5.28. The van der Waals surface area contributed by atoms with Crippen LogP contribution in [0.2, 0.25) is 0 Å². The van der Waals surface area contributed by atoms with Crippen molar-refractivity contribution in [3.05, 3.63) is 11.4 Å². The van der Waals surface area contributed by atoms with Crippen molar-refractivity contribution in [1.29, 1.82) is 0 Å². The minimum atomic E-state index is -3.70. The van der Waals surface area contributed by atoms with E-state index in [1.165, 1.54) is 32.1 Å². The Morgan fingerprint density at radius 1 is 1.05 bits per heavy atom. The van der Waals surface area contributed by atoms with Crippen molar-refractivity contribution in [1.82, 2.24) is 9.78 Å². The zero-order valence-corrected chi connectivity index (χ0v) is 14.2. The SMILES string of the molecule is CCCCCCCCCn1nc(C)c(S(=O)(=O)Cl)c1C. The van der Waals surface area contributed by atoms with Crippen LogP contribution in [0.5, 0.6) is 0 Å². The van der Waals surface area contributed by atoms with E-state index < -0.39 is 9.05 Å². The van der Waals surface area contributed by atoms with Crippen molar-refractivity contribution in [2.75, 3.05) is 0 Å². The molecule has 116 valence electrons. The lowest BCUT2D eigenvalue weighted by Gasteiger charge is -2.05. The van der Waals surface area contributed by atoms with E-state index in [2.05, 4.69) is 12.0 Å². The van der Waals surface area contributed by atoms with E-state index in [9.17, 15) is 8.42 Å². The number of nitrogens with zero attached hydrogens (tertiary/aromatic N) is 2. The summed E-state index contributed by atoms with van der Waals surface area (Å²) < 4.78 is 24.7. The molecule has 4 nitrogen and oxygen atoms in total. The van der Waals surface area contributed by atoms with Crippen LogP contribution in [0.15, 0.2) is 4.90 Å². The molecule has 0 N–H and O–H groups in total. The average Bonchev–Trinajstić information content (AvgIpc) is 2.62. The molecule has 0 radical (unpaired) electrons. The maximum absolute atomic E-state index is 11.5. The summed E-state index contributed by atoms with van der Waals surface area (Å²) in [6.07, 6.45) is 8.59. The fraction of sp³-hybridized carbons (Fsp3) is 0.786. The van der Waals surface area contributed by atoms with E-state index >= 15 is 0 Å². The van der Waals surface area contributed by atoms with Crippen LogP contribution in [0.4, 0.5) is 0 Å². The number of halogens is 1. The van der Waals surface area contributed by atoms with Crippen LogP contribution in [0.25, 0.3) is 0 Å². The summed E-state index contributed by atoms with van der Waals surface area (Å²) >= 11 is 0. The molecule has 0 aliphatic heterocycles. The fourth-order valence-corrected chi connectivity index (χ4v) is 3.99. The molecule has 0 atom stereocenters. The van der Waals surface area contributed by atoms with Gasteiger partial charge in [0.1, 0.15) is 4.90 Å². The highest BCUT2D eigenvalue weighted by Crippen LogP contribution is 2.23. The first kappa shape index (κ1) is 17.5. The van der Waals surface area contributed by atoms with Crippen LogP contribution in [0.3, 0.4) is 0 Å². The van der Waals surface area contributed by atoms with E-state index in [4.69, 9.17) is 10.7 Å². The molecule has 6 heteroatoms. The number of hydrogen-bond acceptors (Lipinski definition) is 3. The standard InChI is InChI=1S/C14H25ClN2O2S/c1-4-5-6-7-8-9-10-11-17-13(3)14(12(2)16-17)20(15,18)19/h4-11H2,1-3H3. The van der Waals surface area contributed by atoms with Crippen molar-refractivity contribution in [2.24, 2.45) is 0 Å². The molecule has 0 aliphatic carbocycles. The zero-order chi connectivity index (χ0) is 15.2. The molecule has 0 saturated carbocycles. The third-order valence-corrected chi connectivity index (χ3v) is 5.07. The summed E-state index contributed by atoms with van der Waals surface area (Å²) in [6.45, 7) is 6.41. The Balaban J connectivity index is 2.46. The highest BCUT2D eigenvalue weighted by Gasteiger charge is 2.22. The van der Waals surface area contributed by atoms with Crippen LogP contribution >= 0.6 is 10.7 Å². The van der Waals surface area contributed by atoms with Crippen LogP contribution < -0.4 is 0 Å². The Hall–Kier alpha value is -0.550. The van der Waals surface area contributed by atoms with Crippen LogP contribution in [0.1, 0.15) is 63.3 Å². The Labute approximate surface area is 126 Å². The van der Waals surface area contributed by atoms with Gasteiger partial charge >= 0.3 is 0 Å². The minimum absolute atomic E-state index is 0.169. The van der Waals surface area contributed by atoms with Gasteiger partial charge in [0, 0.05) is 17.2 Å². The maximum Gasteiger partial charge on any atom is 0.264 e. The van der Waals surface area contributed by atoms with E-state index in [1.807, 2.05) is 0 Å². The summed E-state index contributed by atoms with van der Waals surface area (Å²) in [7, 11) is 1.73. The second kappa shape index (κ2) is 8.03. The van der Waals surface area contributed by atoms with Crippen molar-refractivity contribution in [2.45, 2.75) is 77.2 Å². The Bertz CT molecular complexity index is 524. The topological polar surface area (TPSA) is 52.0 Å². The van der Waals surface area contributed by atoms with Gasteiger partial charge in [-0.05, 0) is 20.3 Å². The normalized spacial score (nSPS) is 12.0. The predicted octanol–water partition coefficient (Wildman–Crippen LogP) is 4.18. The molecule has 1 aromatic heterocycles. The van der Waals surface area contributed by atoms with Crippen molar-refractivity contribution >= 4 is 19.7 Å². The monoisotopic (exact) mass is 320 g/mol. The molecule has 0 unspecified atom stereocenters. The van der Waals surface area contributed by atoms with Gasteiger partial charge in [-0.2, -0.15) is 5.10 Å². The number of unbranched alkanes of at least 4 members (excludes halogenated alkanes) is 6. The summed E-state index contributed by atoms with van der Waals surface area (Å²) in [6, 6.07) is 0. The largest absolute Gasteiger partial charge is 0.268 e. The first-order valence-corrected chi connectivity index (χ1v) is 9.67. The summed E-state index contributed by atoms with van der Waals surface area (Å²) in [5, 5.41) is 4.28. The first-order chi connectivity index (χ1) is 9.38. The Kier molecular flexibility index (Phi) is 7.03. The summed E-state index contributed by atoms with van der Waals surface area (Å²) in [4.78, 5) is 0.169. The first-order valence-electron chi connectivity index (χ1n) is 7.36. The predicted molar refractivity (Wildman–Crippen MR) is 82.7 cm³/mol. The molecule has 0 amide bonds. The Morgan fingerprint density at radius 3 is 2.10 bits per heavy atom. The molecule has 1 heterocycles. The molecule has 1 aromatic rings. The summed E-state index contributed by atoms with van der Waals surface area (Å²) in [5.41, 5.74) is 1.13. The van der Waals surface area contributed by atoms with Crippen molar-refractivity contribution < 1.29 is 8.42 Å². The molecule has 1 rings (SSSR count). The second-order valence-corrected chi connectivity index (χ2v) is 7.79. The molecule has 0 aliphatic rings. The van der Waals surface area contributed by atoms with Crippen molar-refractivity contribution in [3.8, 4) is 0 Å². The van der Waals surface area contributed by atoms with Crippen LogP contribution in [-0.4, -0.2) is 18.2 Å². The van der Waals surface area contributed by atoms with Gasteiger partial charge in [-0.1, -0.05) is 45.4 Å². The van der Waals surface area contributed by atoms with Gasteiger partial charge in [-0.3, -0.25) is 4.68 Å². The Morgan fingerprint density at radius 2 is 1.60 bits per heavy atom. The van der Waals surface area contributed by atoms with E-state index in [-0.39, 0.29) is 4.90 Å². The van der Waals surface area contributed by atoms with Gasteiger partial charge in [0.2, 0.25) is 0 Å². The average molecular weight is 321 g/mol. The minimum Gasteiger partial charge on any atom is -0.268 e. The molecule has 0 fully saturated rings. The molecular weight excluding hydrogens is 296 g/mol. The van der Waals surface area contributed by atoms with Crippen molar-refractivity contribution in [3.63, 3.8) is 0 Å². The molecule has 0 spiro atoms. The fourth-order valence-electron chi connectivity index (χ4n) is 2.47. The number of aromatic nitrogens is 2. The van der Waals surface area contributed by atoms with E-state index in [0.29, 0.717) is 11.4 Å². The number of aryl methyl sites for hydroxylation is 2. The summed E-state index contributed by atoms with van der Waals surface area (Å²) in [5.74, 6) is 0. The molecule has 0 saturated heterocycles. The van der Waals surface area contributed by atoms with Crippen LogP contribution in [0, 0.1) is 13.8 Å². The maximum atomic E-state index is 11.5. The molecule has 20 heavy (non-hydrogen) atoms. The third-order valence-electron chi connectivity index (χ3n) is 3.53. The van der Waals surface area contributed by atoms with Crippen LogP contribution in [-0.2, 0) is 15.6 Å². The highest BCUT2D eigenvalue weighted by molar-refractivity contribution is 8.13. The van der Waals surface area contributed by atoms with Gasteiger partial charge in [0.15, 0.2) is 0 Å². The van der Waals surface area contributed by atoms with Gasteiger partial charge in [0.05, 0.1) is 11.4 Å². The highest BCUT2D eigenvalue weighted by atomic mass is 35.7. The number of rotatable bonds is 9. The molecule has 0 aromatic carbocycles. The van der Waals surface area contributed by atoms with Gasteiger partial charge in [-0.15, -0.1) is 0 Å². The quantitative estimate of drug-likeness (QED) is 0.506. The molecular formula is C14H25ClN2O2S. The lowest BCUT2D eigenvalue weighted by Crippen LogP contribution is -2.03.